The SMILES string of the molecule is C/C(=C\c1ccccc1)CN1CCN(S(N)(=O)=O)CC1. The molecule has 0 bridgehead atoms. The quantitative estimate of drug-likeness (QED) is 0.898. The van der Waals surface area contributed by atoms with Gasteiger partial charge in [0.15, 0.2) is 0 Å². The molecule has 1 aromatic rings. The normalized spacial score (nSPS) is 19.2. The molecule has 1 fully saturated rings. The molecule has 5 nitrogen and oxygen atoms in total. The first-order valence-corrected chi connectivity index (χ1v) is 8.18. The highest BCUT2D eigenvalue weighted by Crippen LogP contribution is 2.10. The van der Waals surface area contributed by atoms with E-state index in [4.69, 9.17) is 5.14 Å². The predicted molar refractivity (Wildman–Crippen MR) is 81.2 cm³/mol. The maximum absolute atomic E-state index is 11.2. The Kier molecular flexibility index (Phi) is 4.93. The van der Waals surface area contributed by atoms with Gasteiger partial charge in [-0.3, -0.25) is 4.90 Å². The van der Waals surface area contributed by atoms with Crippen molar-refractivity contribution in [3.63, 3.8) is 0 Å². The average Bonchev–Trinajstić information content (AvgIpc) is 2.39. The van der Waals surface area contributed by atoms with Crippen molar-refractivity contribution in [2.75, 3.05) is 32.7 Å². The van der Waals surface area contributed by atoms with Crippen LogP contribution in [0.25, 0.3) is 6.08 Å². The van der Waals surface area contributed by atoms with Crippen molar-refractivity contribution in [3.8, 4) is 0 Å². The molecule has 0 saturated carbocycles. The van der Waals surface area contributed by atoms with Crippen molar-refractivity contribution in [1.82, 2.24) is 9.21 Å². The summed E-state index contributed by atoms with van der Waals surface area (Å²) < 4.78 is 23.8. The van der Waals surface area contributed by atoms with Crippen LogP contribution in [0.3, 0.4) is 0 Å². The van der Waals surface area contributed by atoms with Gasteiger partial charge in [0, 0.05) is 32.7 Å². The fourth-order valence-corrected chi connectivity index (χ4v) is 3.05. The van der Waals surface area contributed by atoms with Gasteiger partial charge in [-0.1, -0.05) is 42.0 Å². The molecule has 0 atom stereocenters. The van der Waals surface area contributed by atoms with Gasteiger partial charge < -0.3 is 0 Å². The van der Waals surface area contributed by atoms with E-state index < -0.39 is 10.2 Å². The molecule has 1 aromatic carbocycles. The van der Waals surface area contributed by atoms with Crippen LogP contribution in [0.4, 0.5) is 0 Å². The molecule has 20 heavy (non-hydrogen) atoms. The van der Waals surface area contributed by atoms with E-state index in [2.05, 4.69) is 30.0 Å². The molecule has 1 aliphatic heterocycles. The topological polar surface area (TPSA) is 66.6 Å². The second-order valence-electron chi connectivity index (χ2n) is 5.12. The first-order chi connectivity index (χ1) is 9.45. The third kappa shape index (κ3) is 4.42. The van der Waals surface area contributed by atoms with E-state index in [1.54, 1.807) is 0 Å². The van der Waals surface area contributed by atoms with Crippen molar-refractivity contribution < 1.29 is 8.42 Å². The fourth-order valence-electron chi connectivity index (χ4n) is 2.37. The highest BCUT2D eigenvalue weighted by atomic mass is 32.2. The van der Waals surface area contributed by atoms with Crippen LogP contribution in [-0.2, 0) is 10.2 Å². The Labute approximate surface area is 120 Å². The van der Waals surface area contributed by atoms with Crippen LogP contribution in [0.5, 0.6) is 0 Å². The predicted octanol–water partition coefficient (Wildman–Crippen LogP) is 0.911. The fraction of sp³-hybridized carbons (Fsp3) is 0.429. The summed E-state index contributed by atoms with van der Waals surface area (Å²) in [5, 5.41) is 5.13. The minimum Gasteiger partial charge on any atom is -0.297 e. The number of nitrogens with two attached hydrogens (primary N) is 1. The molecule has 2 N–H and O–H groups in total. The summed E-state index contributed by atoms with van der Waals surface area (Å²) in [6, 6.07) is 10.2. The largest absolute Gasteiger partial charge is 0.297 e. The lowest BCUT2D eigenvalue weighted by Gasteiger charge is -2.33. The molecule has 0 unspecified atom stereocenters. The number of benzene rings is 1. The van der Waals surface area contributed by atoms with Crippen molar-refractivity contribution in [2.24, 2.45) is 5.14 Å². The Morgan fingerprint density at radius 2 is 1.80 bits per heavy atom. The van der Waals surface area contributed by atoms with Gasteiger partial charge in [0.1, 0.15) is 0 Å². The Morgan fingerprint density at radius 1 is 1.20 bits per heavy atom. The monoisotopic (exact) mass is 295 g/mol. The van der Waals surface area contributed by atoms with Crippen LogP contribution in [0.15, 0.2) is 35.9 Å². The lowest BCUT2D eigenvalue weighted by molar-refractivity contribution is 0.201. The zero-order valence-corrected chi connectivity index (χ0v) is 12.5. The van der Waals surface area contributed by atoms with Crippen molar-refractivity contribution >= 4 is 16.3 Å². The minimum atomic E-state index is -3.53. The van der Waals surface area contributed by atoms with Gasteiger partial charge in [-0.15, -0.1) is 0 Å². The van der Waals surface area contributed by atoms with Gasteiger partial charge in [-0.2, -0.15) is 12.7 Å². The molecule has 0 spiro atoms. The minimum absolute atomic E-state index is 0.470. The molecule has 0 amide bonds. The molecule has 6 heteroatoms. The Morgan fingerprint density at radius 3 is 2.35 bits per heavy atom. The van der Waals surface area contributed by atoms with E-state index in [1.807, 2.05) is 18.2 Å². The molecule has 0 aliphatic carbocycles. The number of rotatable bonds is 4. The molecule has 110 valence electrons. The smallest absolute Gasteiger partial charge is 0.276 e. The first-order valence-electron chi connectivity index (χ1n) is 6.67. The van der Waals surface area contributed by atoms with Crippen LogP contribution in [0, 0.1) is 0 Å². The van der Waals surface area contributed by atoms with Gasteiger partial charge in [0.25, 0.3) is 10.2 Å². The van der Waals surface area contributed by atoms with Gasteiger partial charge in [-0.05, 0) is 12.5 Å². The Bertz CT molecular complexity index is 561. The number of hydrogen-bond acceptors (Lipinski definition) is 3. The second kappa shape index (κ2) is 6.49. The molecule has 0 aromatic heterocycles. The van der Waals surface area contributed by atoms with Crippen molar-refractivity contribution in [2.45, 2.75) is 6.92 Å². The maximum atomic E-state index is 11.2. The third-order valence-electron chi connectivity index (χ3n) is 3.38. The van der Waals surface area contributed by atoms with Crippen LogP contribution < -0.4 is 5.14 Å². The molecule has 1 aliphatic rings. The Balaban J connectivity index is 1.88. The summed E-state index contributed by atoms with van der Waals surface area (Å²) in [6.07, 6.45) is 2.16. The summed E-state index contributed by atoms with van der Waals surface area (Å²) in [4.78, 5) is 2.25. The van der Waals surface area contributed by atoms with E-state index in [0.29, 0.717) is 13.1 Å². The summed E-state index contributed by atoms with van der Waals surface area (Å²) in [7, 11) is -3.53. The van der Waals surface area contributed by atoms with Gasteiger partial charge >= 0.3 is 0 Å². The highest BCUT2D eigenvalue weighted by molar-refractivity contribution is 7.86. The third-order valence-corrected chi connectivity index (χ3v) is 4.46. The van der Waals surface area contributed by atoms with E-state index in [1.165, 1.54) is 15.4 Å². The summed E-state index contributed by atoms with van der Waals surface area (Å²) in [5.74, 6) is 0. The van der Waals surface area contributed by atoms with Gasteiger partial charge in [0.2, 0.25) is 0 Å². The van der Waals surface area contributed by atoms with Crippen molar-refractivity contribution in [3.05, 3.63) is 41.5 Å². The van der Waals surface area contributed by atoms with Crippen LogP contribution in [0.1, 0.15) is 12.5 Å². The van der Waals surface area contributed by atoms with E-state index in [-0.39, 0.29) is 0 Å². The summed E-state index contributed by atoms with van der Waals surface area (Å²) in [5.41, 5.74) is 2.45. The molecular formula is C14H21N3O2S. The molecule has 0 radical (unpaired) electrons. The zero-order chi connectivity index (χ0) is 14.6. The second-order valence-corrected chi connectivity index (χ2v) is 6.67. The molecular weight excluding hydrogens is 274 g/mol. The van der Waals surface area contributed by atoms with Crippen LogP contribution in [-0.4, -0.2) is 50.3 Å². The molecule has 1 heterocycles. The van der Waals surface area contributed by atoms with E-state index in [0.717, 1.165) is 19.6 Å². The Hall–Kier alpha value is -1.21. The standard InChI is InChI=1S/C14H21N3O2S/c1-13(11-14-5-3-2-4-6-14)12-16-7-9-17(10-8-16)20(15,18)19/h2-6,11H,7-10,12H2,1H3,(H2,15,18,19)/b13-11+. The molecule has 1 saturated heterocycles. The highest BCUT2D eigenvalue weighted by Gasteiger charge is 2.23. The lowest BCUT2D eigenvalue weighted by atomic mass is 10.1. The summed E-state index contributed by atoms with van der Waals surface area (Å²) in [6.45, 7) is 5.33. The average molecular weight is 295 g/mol. The van der Waals surface area contributed by atoms with E-state index in [9.17, 15) is 8.42 Å². The van der Waals surface area contributed by atoms with Crippen LogP contribution >= 0.6 is 0 Å². The number of nitrogens with zero attached hydrogens (tertiary/aromatic N) is 2. The summed E-state index contributed by atoms with van der Waals surface area (Å²) >= 11 is 0. The van der Waals surface area contributed by atoms with Gasteiger partial charge in [0.05, 0.1) is 0 Å². The number of hydrogen-bond donors (Lipinski definition) is 1. The van der Waals surface area contributed by atoms with Crippen molar-refractivity contribution in [1.29, 1.82) is 0 Å². The van der Waals surface area contributed by atoms with Crippen LogP contribution in [0.2, 0.25) is 0 Å². The maximum Gasteiger partial charge on any atom is 0.276 e. The molecule has 2 rings (SSSR count). The lowest BCUT2D eigenvalue weighted by Crippen LogP contribution is -2.50. The van der Waals surface area contributed by atoms with Gasteiger partial charge in [-0.25, -0.2) is 5.14 Å². The van der Waals surface area contributed by atoms with E-state index >= 15 is 0 Å². The zero-order valence-electron chi connectivity index (χ0n) is 11.7. The first kappa shape index (κ1) is 15.2. The number of piperazine rings is 1.